The first-order valence-electron chi connectivity index (χ1n) is 17.3. The van der Waals surface area contributed by atoms with Crippen molar-refractivity contribution in [1.29, 1.82) is 0 Å². The van der Waals surface area contributed by atoms with Gasteiger partial charge in [0.25, 0.3) is 0 Å². The van der Waals surface area contributed by atoms with Crippen LogP contribution in [0.5, 0.6) is 5.75 Å². The summed E-state index contributed by atoms with van der Waals surface area (Å²) in [7, 11) is -6.22. The Labute approximate surface area is 353 Å². The van der Waals surface area contributed by atoms with Gasteiger partial charge in [0.2, 0.25) is 10.9 Å². The maximum atomic E-state index is 16.9. The molecule has 0 radical (unpaired) electrons. The third-order valence-corrected chi connectivity index (χ3v) is 28.4. The molecule has 8 nitrogen and oxygen atoms in total. The Hall–Kier alpha value is -1.63. The van der Waals surface area contributed by atoms with Gasteiger partial charge in [0.05, 0.1) is 23.2 Å². The van der Waals surface area contributed by atoms with E-state index >= 15 is 8.78 Å². The lowest BCUT2D eigenvalue weighted by molar-refractivity contribution is -0.111. The molecule has 57 heavy (non-hydrogen) atoms. The number of benzene rings is 3. The molecule has 3 aromatic rings. The highest BCUT2D eigenvalue weighted by atomic mass is 33.9. The molecule has 6 rings (SSSR count). The second-order valence-electron chi connectivity index (χ2n) is 14.8. The summed E-state index contributed by atoms with van der Waals surface area (Å²) in [5.41, 5.74) is -6.11. The zero-order chi connectivity index (χ0) is 42.1. The van der Waals surface area contributed by atoms with E-state index in [0.717, 1.165) is 17.3 Å². The minimum Gasteiger partial charge on any atom is -0.441 e. The molecule has 0 fully saturated rings. The van der Waals surface area contributed by atoms with E-state index in [4.69, 9.17) is 31.3 Å². The average molecular weight is 962 g/mol. The fraction of sp³-hybridized carbons (Fsp3) is 0.429. The fourth-order valence-electron chi connectivity index (χ4n) is 8.05. The first-order valence-corrected chi connectivity index (χ1v) is 30.5. The smallest absolute Gasteiger partial charge is 0.441 e. The van der Waals surface area contributed by atoms with Gasteiger partial charge in [0, 0.05) is 76.5 Å². The Morgan fingerprint density at radius 2 is 1.75 bits per heavy atom. The van der Waals surface area contributed by atoms with Crippen LogP contribution < -0.4 is 19.5 Å². The van der Waals surface area contributed by atoms with Gasteiger partial charge in [-0.2, -0.15) is 21.6 Å². The molecule has 1 spiro atoms. The van der Waals surface area contributed by atoms with Crippen molar-refractivity contribution >= 4 is 114 Å². The fourth-order valence-corrected chi connectivity index (χ4v) is 25.1. The zero-order valence-corrected chi connectivity index (χ0v) is 38.6. The molecule has 0 N–H and O–H groups in total. The van der Waals surface area contributed by atoms with Gasteiger partial charge in [-0.1, -0.05) is 38.2 Å². The summed E-state index contributed by atoms with van der Waals surface area (Å²) < 4.78 is 113. The Bertz CT molecular complexity index is 2380. The first-order chi connectivity index (χ1) is 26.4. The Morgan fingerprint density at radius 1 is 1.07 bits per heavy atom. The largest absolute Gasteiger partial charge is 0.534 e. The van der Waals surface area contributed by atoms with Gasteiger partial charge in [0.15, 0.2) is 17.2 Å². The quantitative estimate of drug-likeness (QED) is 0.0253. The minimum absolute atomic E-state index is 0.0663. The molecule has 0 aliphatic carbocycles. The molecule has 0 bridgehead atoms. The van der Waals surface area contributed by atoms with Crippen molar-refractivity contribution in [2.75, 3.05) is 18.1 Å². The lowest BCUT2D eigenvalue weighted by atomic mass is 9.75. The standard InChI is InChI=1S/C35H36F5NO7S8Si/c1-7-46-51-52-53-54-55(49,50)28(42)13-10-14-41-26-17-27-23(15-21(26)19(2)18-33(41,3)4)34(22-12-9-8-11-20(22)32(43)47-34)24-16-25(36)30(29(37)31(24)57(27,5)6)48-56(44,45)35(38,39)40/h8-9,11-12,15-17,19H,7,10,13-14,18H2,1-6H3. The number of fused-ring (bicyclic) bond motifs is 7. The molecule has 2 atom stereocenters. The first kappa shape index (κ1) is 44.9. The van der Waals surface area contributed by atoms with Crippen LogP contribution in [0.3, 0.4) is 0 Å². The number of carbonyl (C=O) groups is 2. The predicted octanol–water partition coefficient (Wildman–Crippen LogP) is 8.81. The van der Waals surface area contributed by atoms with Gasteiger partial charge in [0.1, 0.15) is 8.07 Å². The predicted molar refractivity (Wildman–Crippen MR) is 230 cm³/mol. The highest BCUT2D eigenvalue weighted by Crippen LogP contribution is 2.53. The number of rotatable bonds is 12. The van der Waals surface area contributed by atoms with E-state index in [-0.39, 0.29) is 39.3 Å². The molecular formula is C35H36F5NO7S8Si. The van der Waals surface area contributed by atoms with Crippen molar-refractivity contribution in [2.45, 2.75) is 82.6 Å². The van der Waals surface area contributed by atoms with Crippen molar-refractivity contribution in [3.63, 3.8) is 0 Å². The number of anilines is 1. The molecule has 3 aromatic carbocycles. The number of halogens is 5. The van der Waals surface area contributed by atoms with E-state index < -0.39 is 64.4 Å². The third kappa shape index (κ3) is 7.90. The van der Waals surface area contributed by atoms with E-state index in [1.165, 1.54) is 46.6 Å². The molecule has 3 aliphatic rings. The summed E-state index contributed by atoms with van der Waals surface area (Å²) >= 11 is 12.3. The molecule has 0 amide bonds. The Balaban J connectivity index is 1.49. The van der Waals surface area contributed by atoms with Gasteiger partial charge in [-0.05, 0) is 102 Å². The molecule has 0 saturated heterocycles. The SMILES string of the molecule is CCOSSSSS(=S)(=S)C(=O)CCCN1c2cc3c(cc2C(C)CC1(C)C)C1(OC(=O)c2ccccc21)c1cc(F)c(OS(=O)(=O)C(F)(F)F)c(F)c1[Si]3(C)C. The highest BCUT2D eigenvalue weighted by molar-refractivity contribution is 9.40. The average Bonchev–Trinajstić information content (AvgIpc) is 3.41. The van der Waals surface area contributed by atoms with Crippen molar-refractivity contribution in [3.05, 3.63) is 81.9 Å². The normalized spacial score (nSPS) is 20.7. The topological polar surface area (TPSA) is 99.2 Å². The summed E-state index contributed by atoms with van der Waals surface area (Å²) in [5.74, 6) is -5.93. The van der Waals surface area contributed by atoms with Gasteiger partial charge in [-0.15, -0.1) is 0 Å². The lowest BCUT2D eigenvalue weighted by Crippen LogP contribution is -2.65. The van der Waals surface area contributed by atoms with Crippen LogP contribution in [0.4, 0.5) is 27.6 Å². The number of alkyl halides is 3. The van der Waals surface area contributed by atoms with Crippen molar-refractivity contribution < 1.29 is 53.1 Å². The van der Waals surface area contributed by atoms with Crippen LogP contribution >= 0.6 is 40.6 Å². The Kier molecular flexibility index (Phi) is 12.6. The summed E-state index contributed by atoms with van der Waals surface area (Å²) in [6.45, 7) is 12.4. The lowest BCUT2D eigenvalue weighted by Gasteiger charge is -2.50. The number of ether oxygens (including phenoxy) is 1. The van der Waals surface area contributed by atoms with Gasteiger partial charge in [-0.25, -0.2) is 13.6 Å². The zero-order valence-electron chi connectivity index (χ0n) is 31.1. The van der Waals surface area contributed by atoms with Crippen molar-refractivity contribution in [1.82, 2.24) is 0 Å². The van der Waals surface area contributed by atoms with E-state index in [9.17, 15) is 31.2 Å². The van der Waals surface area contributed by atoms with Crippen LogP contribution in [-0.2, 0) is 58.0 Å². The van der Waals surface area contributed by atoms with Crippen molar-refractivity contribution in [2.24, 2.45) is 0 Å². The number of hydrogen-bond acceptors (Lipinski definition) is 14. The molecule has 22 heteroatoms. The van der Waals surface area contributed by atoms with Crippen molar-refractivity contribution in [3.8, 4) is 5.75 Å². The monoisotopic (exact) mass is 961 g/mol. The second-order valence-corrected chi connectivity index (χ2v) is 34.5. The maximum Gasteiger partial charge on any atom is 0.534 e. The number of nitrogens with zero attached hydrogens (tertiary/aromatic N) is 1. The van der Waals surface area contributed by atoms with E-state index in [1.54, 1.807) is 31.3 Å². The van der Waals surface area contributed by atoms with Crippen LogP contribution in [-0.4, -0.2) is 51.8 Å². The van der Waals surface area contributed by atoms with E-state index in [0.29, 0.717) is 36.7 Å². The van der Waals surface area contributed by atoms with Crippen LogP contribution in [0.1, 0.15) is 85.5 Å². The summed E-state index contributed by atoms with van der Waals surface area (Å²) in [6, 6.07) is 10.8. The number of hydrogen-bond donors (Lipinski definition) is 0. The van der Waals surface area contributed by atoms with Gasteiger partial charge < -0.3 is 18.0 Å². The van der Waals surface area contributed by atoms with Crippen LogP contribution in [0.15, 0.2) is 42.5 Å². The number of carbonyl (C=O) groups excluding carboxylic acids is 2. The van der Waals surface area contributed by atoms with Crippen LogP contribution in [0.2, 0.25) is 13.1 Å². The molecule has 3 aliphatic heterocycles. The molecular weight excluding hydrogens is 926 g/mol. The second kappa shape index (κ2) is 16.0. The molecule has 0 aromatic heterocycles. The van der Waals surface area contributed by atoms with Gasteiger partial charge in [-0.3, -0.25) is 4.79 Å². The highest BCUT2D eigenvalue weighted by Gasteiger charge is 2.59. The minimum atomic E-state index is -6.48. The van der Waals surface area contributed by atoms with Crippen LogP contribution in [0.25, 0.3) is 0 Å². The van der Waals surface area contributed by atoms with Crippen LogP contribution in [0, 0.1) is 11.6 Å². The number of esters is 1. The third-order valence-electron chi connectivity index (χ3n) is 10.4. The molecule has 0 saturated carbocycles. The maximum absolute atomic E-state index is 16.9. The van der Waals surface area contributed by atoms with Gasteiger partial charge >= 0.3 is 21.6 Å². The summed E-state index contributed by atoms with van der Waals surface area (Å²) in [5, 5.41) is 0.0367. The summed E-state index contributed by atoms with van der Waals surface area (Å²) in [4.78, 5) is 29.1. The molecule has 3 heterocycles. The Morgan fingerprint density at radius 3 is 2.42 bits per heavy atom. The van der Waals surface area contributed by atoms with E-state index in [2.05, 4.69) is 22.9 Å². The molecule has 2 unspecified atom stereocenters. The molecule has 310 valence electrons. The summed E-state index contributed by atoms with van der Waals surface area (Å²) in [6.07, 6.45) is -1.28. The van der Waals surface area contributed by atoms with E-state index in [1.807, 2.05) is 26.0 Å².